The van der Waals surface area contributed by atoms with Crippen molar-refractivity contribution in [3.8, 4) is 6.07 Å². The minimum Gasteiger partial charge on any atom is -0.393 e. The van der Waals surface area contributed by atoms with Crippen LogP contribution in [0.3, 0.4) is 0 Å². The number of rotatable bonds is 3. The third kappa shape index (κ3) is 3.33. The van der Waals surface area contributed by atoms with Crippen molar-refractivity contribution in [1.82, 2.24) is 4.90 Å². The van der Waals surface area contributed by atoms with Crippen molar-refractivity contribution in [3.05, 3.63) is 0 Å². The van der Waals surface area contributed by atoms with Crippen molar-refractivity contribution >= 4 is 0 Å². The number of likely N-dealkylation sites (tertiary alicyclic amines) is 1. The van der Waals surface area contributed by atoms with Gasteiger partial charge < -0.3 is 10.0 Å². The second-order valence-electron chi connectivity index (χ2n) is 3.83. The van der Waals surface area contributed by atoms with E-state index in [2.05, 4.69) is 11.0 Å². The van der Waals surface area contributed by atoms with Crippen LogP contribution in [0, 0.1) is 17.2 Å². The van der Waals surface area contributed by atoms with Crippen LogP contribution in [0.4, 0.5) is 0 Å². The molecule has 0 aromatic carbocycles. The SMILES string of the molecule is CC(O)C1CCN(CCC#N)CC1. The summed E-state index contributed by atoms with van der Waals surface area (Å²) >= 11 is 0. The van der Waals surface area contributed by atoms with E-state index in [0.717, 1.165) is 32.5 Å². The Kier molecular flexibility index (Phi) is 4.20. The molecule has 1 atom stereocenters. The summed E-state index contributed by atoms with van der Waals surface area (Å²) in [5.74, 6) is 0.471. The fraction of sp³-hybridized carbons (Fsp3) is 0.900. The van der Waals surface area contributed by atoms with Crippen molar-refractivity contribution < 1.29 is 5.11 Å². The lowest BCUT2D eigenvalue weighted by molar-refractivity contribution is 0.0726. The summed E-state index contributed by atoms with van der Waals surface area (Å²) in [4.78, 5) is 2.31. The first-order valence-corrected chi connectivity index (χ1v) is 5.01. The van der Waals surface area contributed by atoms with Crippen LogP contribution < -0.4 is 0 Å². The molecular weight excluding hydrogens is 164 g/mol. The molecule has 0 bridgehead atoms. The van der Waals surface area contributed by atoms with E-state index >= 15 is 0 Å². The topological polar surface area (TPSA) is 47.3 Å². The second-order valence-corrected chi connectivity index (χ2v) is 3.83. The smallest absolute Gasteiger partial charge is 0.0635 e. The van der Waals surface area contributed by atoms with Gasteiger partial charge in [-0.15, -0.1) is 0 Å². The van der Waals surface area contributed by atoms with E-state index in [1.165, 1.54) is 0 Å². The number of hydrogen-bond acceptors (Lipinski definition) is 3. The highest BCUT2D eigenvalue weighted by molar-refractivity contribution is 4.78. The van der Waals surface area contributed by atoms with Gasteiger partial charge in [0.2, 0.25) is 0 Å². The van der Waals surface area contributed by atoms with Gasteiger partial charge in [-0.3, -0.25) is 0 Å². The van der Waals surface area contributed by atoms with Crippen molar-refractivity contribution in [2.75, 3.05) is 19.6 Å². The summed E-state index contributed by atoms with van der Waals surface area (Å²) in [6.45, 7) is 4.84. The molecule has 74 valence electrons. The molecule has 1 aliphatic heterocycles. The van der Waals surface area contributed by atoms with Gasteiger partial charge in [0, 0.05) is 13.0 Å². The lowest BCUT2D eigenvalue weighted by Crippen LogP contribution is -2.37. The predicted molar refractivity (Wildman–Crippen MR) is 51.1 cm³/mol. The normalized spacial score (nSPS) is 22.5. The van der Waals surface area contributed by atoms with Gasteiger partial charge in [-0.05, 0) is 38.8 Å². The summed E-state index contributed by atoms with van der Waals surface area (Å²) in [5.41, 5.74) is 0. The molecule has 0 aromatic heterocycles. The summed E-state index contributed by atoms with van der Waals surface area (Å²) in [5, 5.41) is 17.8. The molecule has 13 heavy (non-hydrogen) atoms. The molecule has 0 aromatic rings. The molecule has 0 amide bonds. The molecule has 0 aliphatic carbocycles. The van der Waals surface area contributed by atoms with Crippen LogP contribution in [0.5, 0.6) is 0 Å². The van der Waals surface area contributed by atoms with Crippen LogP contribution in [0.2, 0.25) is 0 Å². The Bertz CT molecular complexity index is 178. The number of piperidine rings is 1. The van der Waals surface area contributed by atoms with Gasteiger partial charge in [0.05, 0.1) is 12.2 Å². The molecule has 1 rings (SSSR count). The van der Waals surface area contributed by atoms with Gasteiger partial charge in [-0.2, -0.15) is 5.26 Å². The zero-order valence-corrected chi connectivity index (χ0v) is 8.24. The molecule has 1 aliphatic rings. The van der Waals surface area contributed by atoms with Gasteiger partial charge in [0.15, 0.2) is 0 Å². The number of aliphatic hydroxyl groups is 1. The Morgan fingerprint density at radius 3 is 2.62 bits per heavy atom. The largest absolute Gasteiger partial charge is 0.393 e. The van der Waals surface area contributed by atoms with Gasteiger partial charge in [0.25, 0.3) is 0 Å². The molecule has 0 radical (unpaired) electrons. The Labute approximate surface area is 80.0 Å². The Balaban J connectivity index is 2.19. The number of hydrogen-bond donors (Lipinski definition) is 1. The molecule has 1 fully saturated rings. The van der Waals surface area contributed by atoms with Crippen LogP contribution in [0.25, 0.3) is 0 Å². The molecular formula is C10H18N2O. The minimum absolute atomic E-state index is 0.168. The lowest BCUT2D eigenvalue weighted by atomic mass is 9.92. The Hall–Kier alpha value is -0.590. The summed E-state index contributed by atoms with van der Waals surface area (Å²) in [7, 11) is 0. The highest BCUT2D eigenvalue weighted by atomic mass is 16.3. The Morgan fingerprint density at radius 2 is 2.15 bits per heavy atom. The quantitative estimate of drug-likeness (QED) is 0.708. The van der Waals surface area contributed by atoms with E-state index in [4.69, 9.17) is 5.26 Å². The fourth-order valence-corrected chi connectivity index (χ4v) is 1.87. The summed E-state index contributed by atoms with van der Waals surface area (Å²) in [6.07, 6.45) is 2.60. The molecule has 1 N–H and O–H groups in total. The Morgan fingerprint density at radius 1 is 1.54 bits per heavy atom. The van der Waals surface area contributed by atoms with Crippen LogP contribution >= 0.6 is 0 Å². The second kappa shape index (κ2) is 5.21. The monoisotopic (exact) mass is 182 g/mol. The predicted octanol–water partition coefficient (Wildman–Crippen LogP) is 0.993. The van der Waals surface area contributed by atoms with E-state index in [1.54, 1.807) is 0 Å². The highest BCUT2D eigenvalue weighted by Crippen LogP contribution is 2.20. The number of nitrogens with zero attached hydrogens (tertiary/aromatic N) is 2. The van der Waals surface area contributed by atoms with Crippen molar-refractivity contribution in [3.63, 3.8) is 0 Å². The molecule has 3 nitrogen and oxygen atoms in total. The maximum atomic E-state index is 9.37. The van der Waals surface area contributed by atoms with E-state index in [1.807, 2.05) is 6.92 Å². The standard InChI is InChI=1S/C10H18N2O/c1-9(13)10-3-7-12(8-4-10)6-2-5-11/h9-10,13H,2-4,6-8H2,1H3. The van der Waals surface area contributed by atoms with E-state index in [-0.39, 0.29) is 6.10 Å². The lowest BCUT2D eigenvalue weighted by Gasteiger charge is -2.32. The van der Waals surface area contributed by atoms with Crippen LogP contribution in [-0.4, -0.2) is 35.7 Å². The average molecular weight is 182 g/mol. The van der Waals surface area contributed by atoms with E-state index in [9.17, 15) is 5.11 Å². The fourth-order valence-electron chi connectivity index (χ4n) is 1.87. The minimum atomic E-state index is -0.168. The van der Waals surface area contributed by atoms with E-state index in [0.29, 0.717) is 12.3 Å². The summed E-state index contributed by atoms with van der Waals surface area (Å²) < 4.78 is 0. The highest BCUT2D eigenvalue weighted by Gasteiger charge is 2.21. The molecule has 0 saturated carbocycles. The van der Waals surface area contributed by atoms with Gasteiger partial charge >= 0.3 is 0 Å². The third-order valence-electron chi connectivity index (χ3n) is 2.85. The molecule has 1 unspecified atom stereocenters. The maximum Gasteiger partial charge on any atom is 0.0635 e. The number of nitriles is 1. The molecule has 3 heteroatoms. The van der Waals surface area contributed by atoms with Crippen molar-refractivity contribution in [2.24, 2.45) is 5.92 Å². The van der Waals surface area contributed by atoms with Crippen LogP contribution in [-0.2, 0) is 0 Å². The van der Waals surface area contributed by atoms with Gasteiger partial charge in [-0.1, -0.05) is 0 Å². The first-order chi connectivity index (χ1) is 6.24. The van der Waals surface area contributed by atoms with Gasteiger partial charge in [-0.25, -0.2) is 0 Å². The number of aliphatic hydroxyl groups excluding tert-OH is 1. The third-order valence-corrected chi connectivity index (χ3v) is 2.85. The first kappa shape index (κ1) is 10.5. The van der Waals surface area contributed by atoms with Crippen molar-refractivity contribution in [1.29, 1.82) is 5.26 Å². The molecule has 1 heterocycles. The average Bonchev–Trinajstić information content (AvgIpc) is 2.15. The summed E-state index contributed by atoms with van der Waals surface area (Å²) in [6, 6.07) is 2.16. The molecule has 1 saturated heterocycles. The van der Waals surface area contributed by atoms with Crippen molar-refractivity contribution in [2.45, 2.75) is 32.3 Å². The molecule has 0 spiro atoms. The zero-order valence-electron chi connectivity index (χ0n) is 8.24. The van der Waals surface area contributed by atoms with Crippen LogP contribution in [0.1, 0.15) is 26.2 Å². The van der Waals surface area contributed by atoms with Gasteiger partial charge in [0.1, 0.15) is 0 Å². The van der Waals surface area contributed by atoms with Crippen LogP contribution in [0.15, 0.2) is 0 Å². The zero-order chi connectivity index (χ0) is 9.68. The first-order valence-electron chi connectivity index (χ1n) is 5.01. The van der Waals surface area contributed by atoms with E-state index < -0.39 is 0 Å². The maximum absolute atomic E-state index is 9.37.